The van der Waals surface area contributed by atoms with Crippen molar-refractivity contribution < 1.29 is 13.2 Å². The molecule has 0 unspecified atom stereocenters. The van der Waals surface area contributed by atoms with Gasteiger partial charge in [0.25, 0.3) is 0 Å². The number of rotatable bonds is 0. The van der Waals surface area contributed by atoms with E-state index in [0.29, 0.717) is 17.7 Å². The number of fused-ring (bicyclic) bond motifs is 3. The zero-order valence-electron chi connectivity index (χ0n) is 9.63. The summed E-state index contributed by atoms with van der Waals surface area (Å²) in [6.07, 6.45) is -3.68. The topological polar surface area (TPSA) is 25.8 Å². The molecule has 0 fully saturated rings. The fraction of sp³-hybridized carbons (Fsp3) is 0.231. The standard InChI is InChI=1S/C13H8ClF3N2/c14-12-18-10-8-4-2-1-3-7(8)5-6-9(10)11(19-12)13(15,16)17/h1-4H,5-6H2. The molecular weight excluding hydrogens is 277 g/mol. The molecule has 1 aromatic heterocycles. The van der Waals surface area contributed by atoms with E-state index in [4.69, 9.17) is 11.6 Å². The number of nitrogens with zero attached hydrogens (tertiary/aromatic N) is 2. The summed E-state index contributed by atoms with van der Waals surface area (Å²) in [5.41, 5.74) is 1.21. The van der Waals surface area contributed by atoms with Gasteiger partial charge in [-0.3, -0.25) is 0 Å². The summed E-state index contributed by atoms with van der Waals surface area (Å²) in [5.74, 6) is 0. The van der Waals surface area contributed by atoms with Crippen molar-refractivity contribution in [1.82, 2.24) is 9.97 Å². The van der Waals surface area contributed by atoms with Crippen molar-refractivity contribution in [1.29, 1.82) is 0 Å². The van der Waals surface area contributed by atoms with Crippen LogP contribution in [0.3, 0.4) is 0 Å². The first-order valence-electron chi connectivity index (χ1n) is 5.68. The highest BCUT2D eigenvalue weighted by atomic mass is 35.5. The zero-order chi connectivity index (χ0) is 13.6. The van der Waals surface area contributed by atoms with Gasteiger partial charge in [0.2, 0.25) is 5.28 Å². The molecule has 0 radical (unpaired) electrons. The van der Waals surface area contributed by atoms with Crippen molar-refractivity contribution in [3.05, 3.63) is 46.4 Å². The van der Waals surface area contributed by atoms with Gasteiger partial charge >= 0.3 is 6.18 Å². The summed E-state index contributed by atoms with van der Waals surface area (Å²) >= 11 is 5.63. The van der Waals surface area contributed by atoms with E-state index in [2.05, 4.69) is 9.97 Å². The van der Waals surface area contributed by atoms with Gasteiger partial charge in [-0.05, 0) is 30.0 Å². The van der Waals surface area contributed by atoms with Gasteiger partial charge in [-0.15, -0.1) is 0 Å². The van der Waals surface area contributed by atoms with Crippen LogP contribution in [0.5, 0.6) is 0 Å². The molecule has 0 amide bonds. The van der Waals surface area contributed by atoms with E-state index in [0.717, 1.165) is 5.56 Å². The molecule has 1 heterocycles. The lowest BCUT2D eigenvalue weighted by molar-refractivity contribution is -0.141. The molecule has 3 rings (SSSR count). The Balaban J connectivity index is 2.30. The fourth-order valence-electron chi connectivity index (χ4n) is 2.38. The van der Waals surface area contributed by atoms with E-state index in [1.54, 1.807) is 12.1 Å². The van der Waals surface area contributed by atoms with Gasteiger partial charge in [0.1, 0.15) is 0 Å². The minimum atomic E-state index is -4.51. The molecule has 0 saturated carbocycles. The van der Waals surface area contributed by atoms with E-state index in [1.165, 1.54) is 0 Å². The molecule has 19 heavy (non-hydrogen) atoms. The van der Waals surface area contributed by atoms with Gasteiger partial charge < -0.3 is 0 Å². The molecule has 1 aromatic carbocycles. The summed E-state index contributed by atoms with van der Waals surface area (Å²) in [4.78, 5) is 7.34. The first kappa shape index (κ1) is 12.4. The number of aryl methyl sites for hydroxylation is 1. The smallest absolute Gasteiger partial charge is 0.218 e. The highest BCUT2D eigenvalue weighted by Crippen LogP contribution is 2.39. The Bertz CT molecular complexity index is 653. The van der Waals surface area contributed by atoms with E-state index in [-0.39, 0.29) is 17.3 Å². The predicted molar refractivity (Wildman–Crippen MR) is 64.9 cm³/mol. The zero-order valence-corrected chi connectivity index (χ0v) is 10.4. The number of halogens is 4. The van der Waals surface area contributed by atoms with Crippen LogP contribution in [0.2, 0.25) is 5.28 Å². The first-order chi connectivity index (χ1) is 8.97. The largest absolute Gasteiger partial charge is 0.433 e. The van der Waals surface area contributed by atoms with Gasteiger partial charge in [0, 0.05) is 11.1 Å². The Morgan fingerprint density at radius 3 is 2.53 bits per heavy atom. The van der Waals surface area contributed by atoms with E-state index < -0.39 is 11.9 Å². The van der Waals surface area contributed by atoms with Crippen molar-refractivity contribution in [2.75, 3.05) is 0 Å². The van der Waals surface area contributed by atoms with Gasteiger partial charge in [-0.2, -0.15) is 13.2 Å². The summed E-state index contributed by atoms with van der Waals surface area (Å²) in [6, 6.07) is 7.28. The van der Waals surface area contributed by atoms with Crippen LogP contribution >= 0.6 is 11.6 Å². The molecule has 0 bridgehead atoms. The Hall–Kier alpha value is -1.62. The number of hydrogen-bond acceptors (Lipinski definition) is 2. The molecule has 1 aliphatic rings. The lowest BCUT2D eigenvalue weighted by Gasteiger charge is -2.21. The number of hydrogen-bond donors (Lipinski definition) is 0. The van der Waals surface area contributed by atoms with Crippen LogP contribution in [0.4, 0.5) is 13.2 Å². The van der Waals surface area contributed by atoms with Gasteiger partial charge in [0.05, 0.1) is 5.69 Å². The maximum Gasteiger partial charge on any atom is 0.433 e. The quantitative estimate of drug-likeness (QED) is 0.685. The van der Waals surface area contributed by atoms with Crippen molar-refractivity contribution in [3.63, 3.8) is 0 Å². The van der Waals surface area contributed by atoms with Crippen LogP contribution in [0, 0.1) is 0 Å². The molecular formula is C13H8ClF3N2. The van der Waals surface area contributed by atoms with E-state index in [9.17, 15) is 13.2 Å². The highest BCUT2D eigenvalue weighted by molar-refractivity contribution is 6.28. The van der Waals surface area contributed by atoms with Crippen LogP contribution in [-0.4, -0.2) is 9.97 Å². The lowest BCUT2D eigenvalue weighted by atomic mass is 9.88. The highest BCUT2D eigenvalue weighted by Gasteiger charge is 2.38. The minimum absolute atomic E-state index is 0.135. The molecule has 0 atom stereocenters. The molecule has 6 heteroatoms. The van der Waals surface area contributed by atoms with Crippen LogP contribution in [-0.2, 0) is 19.0 Å². The third-order valence-electron chi connectivity index (χ3n) is 3.17. The molecule has 98 valence electrons. The molecule has 0 saturated heterocycles. The third kappa shape index (κ3) is 2.08. The fourth-order valence-corrected chi connectivity index (χ4v) is 2.55. The van der Waals surface area contributed by atoms with Gasteiger partial charge in [-0.25, -0.2) is 9.97 Å². The summed E-state index contributed by atoms with van der Waals surface area (Å²) in [5, 5.41) is -0.372. The molecule has 2 nitrogen and oxygen atoms in total. The molecule has 0 aliphatic heterocycles. The van der Waals surface area contributed by atoms with E-state index >= 15 is 0 Å². The average Bonchev–Trinajstić information content (AvgIpc) is 2.36. The first-order valence-corrected chi connectivity index (χ1v) is 6.06. The Kier molecular flexibility index (Phi) is 2.74. The Labute approximate surface area is 112 Å². The van der Waals surface area contributed by atoms with Crippen LogP contribution < -0.4 is 0 Å². The van der Waals surface area contributed by atoms with Crippen molar-refractivity contribution in [3.8, 4) is 11.3 Å². The second-order valence-electron chi connectivity index (χ2n) is 4.32. The number of benzene rings is 1. The summed E-state index contributed by atoms with van der Waals surface area (Å²) in [6.45, 7) is 0. The molecule has 1 aliphatic carbocycles. The van der Waals surface area contributed by atoms with Crippen molar-refractivity contribution >= 4 is 11.6 Å². The Morgan fingerprint density at radius 2 is 1.79 bits per heavy atom. The Morgan fingerprint density at radius 1 is 1.05 bits per heavy atom. The van der Waals surface area contributed by atoms with E-state index in [1.807, 2.05) is 12.1 Å². The molecule has 2 aromatic rings. The van der Waals surface area contributed by atoms with Crippen LogP contribution in [0.15, 0.2) is 24.3 Å². The molecule has 0 spiro atoms. The van der Waals surface area contributed by atoms with Gasteiger partial charge in [0.15, 0.2) is 5.69 Å². The monoisotopic (exact) mass is 284 g/mol. The SMILES string of the molecule is FC(F)(F)c1nc(Cl)nc2c1CCc1ccccc1-2. The maximum atomic E-state index is 13.0. The maximum absolute atomic E-state index is 13.0. The average molecular weight is 285 g/mol. The lowest BCUT2D eigenvalue weighted by Crippen LogP contribution is -2.18. The third-order valence-corrected chi connectivity index (χ3v) is 3.33. The van der Waals surface area contributed by atoms with Gasteiger partial charge in [-0.1, -0.05) is 24.3 Å². The summed E-state index contributed by atoms with van der Waals surface area (Å²) in [7, 11) is 0. The van der Waals surface area contributed by atoms with Crippen LogP contribution in [0.1, 0.15) is 16.8 Å². The van der Waals surface area contributed by atoms with Crippen molar-refractivity contribution in [2.24, 2.45) is 0 Å². The minimum Gasteiger partial charge on any atom is -0.218 e. The van der Waals surface area contributed by atoms with Crippen LogP contribution in [0.25, 0.3) is 11.3 Å². The number of alkyl halides is 3. The normalized spacial score (nSPS) is 13.9. The predicted octanol–water partition coefficient (Wildman–Crippen LogP) is 3.91. The second-order valence-corrected chi connectivity index (χ2v) is 4.66. The molecule has 0 N–H and O–H groups in total. The second kappa shape index (κ2) is 4.20. The number of aromatic nitrogens is 2. The summed E-state index contributed by atoms with van der Waals surface area (Å²) < 4.78 is 38.9. The van der Waals surface area contributed by atoms with Crippen molar-refractivity contribution in [2.45, 2.75) is 19.0 Å².